The monoisotopic (exact) mass is 271 g/mol. The van der Waals surface area contributed by atoms with Gasteiger partial charge in [-0.05, 0) is 32.1 Å². The van der Waals surface area contributed by atoms with Gasteiger partial charge in [0.1, 0.15) is 11.6 Å². The molecule has 0 N–H and O–H groups in total. The van der Waals surface area contributed by atoms with Crippen molar-refractivity contribution in [1.29, 1.82) is 0 Å². The Morgan fingerprint density at radius 3 is 2.47 bits per heavy atom. The summed E-state index contributed by atoms with van der Waals surface area (Å²) in [6, 6.07) is 0. The van der Waals surface area contributed by atoms with Crippen molar-refractivity contribution in [2.75, 3.05) is 5.33 Å². The summed E-state index contributed by atoms with van der Waals surface area (Å²) in [7, 11) is 0. The van der Waals surface area contributed by atoms with Crippen LogP contribution in [0.25, 0.3) is 0 Å². The Morgan fingerprint density at radius 1 is 1.33 bits per heavy atom. The highest BCUT2D eigenvalue weighted by Crippen LogP contribution is 2.40. The topological polar surface area (TPSA) is 30.7 Å². The minimum atomic E-state index is 0.422. The van der Waals surface area contributed by atoms with Crippen molar-refractivity contribution < 1.29 is 0 Å². The van der Waals surface area contributed by atoms with Crippen LogP contribution in [-0.4, -0.2) is 20.1 Å². The number of aromatic nitrogens is 3. The maximum absolute atomic E-state index is 4.45. The Labute approximate surface area is 99.4 Å². The molecule has 0 radical (unpaired) electrons. The van der Waals surface area contributed by atoms with E-state index in [0.717, 1.165) is 23.5 Å². The number of nitrogens with zero attached hydrogens (tertiary/aromatic N) is 3. The molecular weight excluding hydrogens is 254 g/mol. The van der Waals surface area contributed by atoms with Gasteiger partial charge in [0.2, 0.25) is 0 Å². The van der Waals surface area contributed by atoms with Gasteiger partial charge in [0.15, 0.2) is 0 Å². The van der Waals surface area contributed by atoms with Gasteiger partial charge >= 0.3 is 0 Å². The molecule has 15 heavy (non-hydrogen) atoms. The van der Waals surface area contributed by atoms with Crippen LogP contribution in [0.4, 0.5) is 0 Å². The fraction of sp³-hybridized carbons (Fsp3) is 0.818. The highest BCUT2D eigenvalue weighted by molar-refractivity contribution is 9.09. The van der Waals surface area contributed by atoms with Gasteiger partial charge < -0.3 is 0 Å². The predicted molar refractivity (Wildman–Crippen MR) is 64.2 cm³/mol. The maximum Gasteiger partial charge on any atom is 0.147 e. The first-order chi connectivity index (χ1) is 7.15. The van der Waals surface area contributed by atoms with Crippen LogP contribution in [-0.2, 0) is 6.54 Å². The van der Waals surface area contributed by atoms with E-state index in [-0.39, 0.29) is 0 Å². The third-order valence-corrected chi connectivity index (χ3v) is 4.58. The van der Waals surface area contributed by atoms with Gasteiger partial charge in [-0.3, -0.25) is 0 Å². The molecule has 0 unspecified atom stereocenters. The molecule has 1 aromatic rings. The zero-order chi connectivity index (χ0) is 10.9. The predicted octanol–water partition coefficient (Wildman–Crippen LogP) is 2.85. The highest BCUT2D eigenvalue weighted by Gasteiger charge is 2.33. The van der Waals surface area contributed by atoms with Crippen LogP contribution in [0.3, 0.4) is 0 Å². The van der Waals surface area contributed by atoms with Crippen LogP contribution in [0.1, 0.15) is 37.3 Å². The number of halogens is 1. The molecule has 1 aromatic heterocycles. The summed E-state index contributed by atoms with van der Waals surface area (Å²) in [6.45, 7) is 5.01. The van der Waals surface area contributed by atoms with Crippen LogP contribution in [0.2, 0.25) is 0 Å². The van der Waals surface area contributed by atoms with Crippen molar-refractivity contribution in [3.63, 3.8) is 0 Å². The van der Waals surface area contributed by atoms with Crippen LogP contribution in [0.5, 0.6) is 0 Å². The zero-order valence-corrected chi connectivity index (χ0v) is 11.0. The van der Waals surface area contributed by atoms with E-state index in [4.69, 9.17) is 0 Å². The average molecular weight is 272 g/mol. The maximum atomic E-state index is 4.45. The molecule has 1 aliphatic carbocycles. The van der Waals surface area contributed by atoms with E-state index in [1.165, 1.54) is 25.7 Å². The zero-order valence-electron chi connectivity index (χ0n) is 9.46. The van der Waals surface area contributed by atoms with Gasteiger partial charge in [0.05, 0.1) is 0 Å². The normalized spacial score (nSPS) is 19.7. The Hall–Kier alpha value is -0.380. The molecule has 1 saturated carbocycles. The lowest BCUT2D eigenvalue weighted by Gasteiger charge is -2.26. The van der Waals surface area contributed by atoms with Crippen LogP contribution < -0.4 is 0 Å². The van der Waals surface area contributed by atoms with E-state index >= 15 is 0 Å². The third-order valence-electron chi connectivity index (χ3n) is 3.40. The fourth-order valence-corrected chi connectivity index (χ4v) is 3.23. The molecule has 0 amide bonds. The van der Waals surface area contributed by atoms with Crippen molar-refractivity contribution >= 4 is 15.9 Å². The number of hydrogen-bond acceptors (Lipinski definition) is 2. The van der Waals surface area contributed by atoms with Crippen LogP contribution in [0.15, 0.2) is 0 Å². The summed E-state index contributed by atoms with van der Waals surface area (Å²) in [5, 5.41) is 5.53. The number of aryl methyl sites for hydroxylation is 2. The lowest BCUT2D eigenvalue weighted by atomic mass is 9.89. The van der Waals surface area contributed by atoms with Crippen LogP contribution >= 0.6 is 15.9 Å². The molecule has 84 valence electrons. The average Bonchev–Trinajstić information content (AvgIpc) is 2.76. The molecule has 0 atom stereocenters. The second-order valence-electron chi connectivity index (χ2n) is 4.70. The van der Waals surface area contributed by atoms with Crippen molar-refractivity contribution in [2.45, 2.75) is 46.1 Å². The number of rotatable bonds is 3. The molecule has 0 spiro atoms. The highest BCUT2D eigenvalue weighted by atomic mass is 79.9. The van der Waals surface area contributed by atoms with Gasteiger partial charge in [-0.2, -0.15) is 5.10 Å². The minimum absolute atomic E-state index is 0.422. The van der Waals surface area contributed by atoms with Gasteiger partial charge in [-0.15, -0.1) is 0 Å². The summed E-state index contributed by atoms with van der Waals surface area (Å²) < 4.78 is 2.07. The summed E-state index contributed by atoms with van der Waals surface area (Å²) in [4.78, 5) is 4.36. The van der Waals surface area contributed by atoms with Crippen molar-refractivity contribution in [1.82, 2.24) is 14.8 Å². The largest absolute Gasteiger partial charge is 0.250 e. The Morgan fingerprint density at radius 2 is 2.00 bits per heavy atom. The van der Waals surface area contributed by atoms with Gasteiger partial charge in [-0.25, -0.2) is 9.67 Å². The number of hydrogen-bond donors (Lipinski definition) is 0. The summed E-state index contributed by atoms with van der Waals surface area (Å²) in [5.41, 5.74) is 0.422. The molecule has 2 rings (SSSR count). The van der Waals surface area contributed by atoms with Crippen LogP contribution in [0, 0.1) is 19.3 Å². The van der Waals surface area contributed by atoms with E-state index in [0.29, 0.717) is 5.41 Å². The molecule has 0 aliphatic heterocycles. The second kappa shape index (κ2) is 4.24. The molecule has 3 nitrogen and oxygen atoms in total. The fourth-order valence-electron chi connectivity index (χ4n) is 2.49. The smallest absolute Gasteiger partial charge is 0.147 e. The Kier molecular flexibility index (Phi) is 3.14. The van der Waals surface area contributed by atoms with E-state index in [9.17, 15) is 0 Å². The first-order valence-electron chi connectivity index (χ1n) is 5.59. The molecule has 0 bridgehead atoms. The minimum Gasteiger partial charge on any atom is -0.250 e. The Bertz CT molecular complexity index is 340. The molecule has 1 fully saturated rings. The van der Waals surface area contributed by atoms with E-state index in [2.05, 4.69) is 30.7 Å². The quantitative estimate of drug-likeness (QED) is 0.792. The molecule has 0 aromatic carbocycles. The molecule has 0 saturated heterocycles. The summed E-state index contributed by atoms with van der Waals surface area (Å²) in [5.74, 6) is 1.93. The summed E-state index contributed by atoms with van der Waals surface area (Å²) in [6.07, 6.45) is 5.35. The van der Waals surface area contributed by atoms with Gasteiger partial charge in [0.25, 0.3) is 0 Å². The van der Waals surface area contributed by atoms with E-state index in [1.807, 2.05) is 13.8 Å². The molecule has 1 heterocycles. The molecular formula is C11H18BrN3. The van der Waals surface area contributed by atoms with E-state index < -0.39 is 0 Å². The standard InChI is InChI=1S/C11H18BrN3/c1-9-13-10(2)15(14-9)8-11(7-12)5-3-4-6-11/h3-8H2,1-2H3. The third kappa shape index (κ3) is 2.25. The Balaban J connectivity index is 2.16. The van der Waals surface area contributed by atoms with Crippen molar-refractivity contribution in [2.24, 2.45) is 5.41 Å². The van der Waals surface area contributed by atoms with Crippen molar-refractivity contribution in [3.05, 3.63) is 11.6 Å². The first-order valence-corrected chi connectivity index (χ1v) is 6.71. The number of alkyl halides is 1. The van der Waals surface area contributed by atoms with E-state index in [1.54, 1.807) is 0 Å². The lowest BCUT2D eigenvalue weighted by molar-refractivity contribution is 0.274. The van der Waals surface area contributed by atoms with Gasteiger partial charge in [-0.1, -0.05) is 28.8 Å². The second-order valence-corrected chi connectivity index (χ2v) is 5.27. The first kappa shape index (κ1) is 11.1. The molecule has 4 heteroatoms. The lowest BCUT2D eigenvalue weighted by Crippen LogP contribution is -2.26. The SMILES string of the molecule is Cc1nc(C)n(CC2(CBr)CCCC2)n1. The summed E-state index contributed by atoms with van der Waals surface area (Å²) >= 11 is 3.66. The molecule has 1 aliphatic rings. The van der Waals surface area contributed by atoms with Crippen molar-refractivity contribution in [3.8, 4) is 0 Å². The van der Waals surface area contributed by atoms with Gasteiger partial charge in [0, 0.05) is 11.9 Å².